The monoisotopic (exact) mass is 295 g/mol. The van der Waals surface area contributed by atoms with Crippen LogP contribution in [-0.4, -0.2) is 44.6 Å². The topological polar surface area (TPSA) is 66.8 Å². The molecular formula is C11H15Cl2NO4. The Balaban J connectivity index is 2.12. The first-order chi connectivity index (χ1) is 8.05. The molecule has 0 spiro atoms. The Hall–Kier alpha value is -0.680. The van der Waals surface area contributed by atoms with Crippen molar-refractivity contribution in [1.82, 2.24) is 4.90 Å². The summed E-state index contributed by atoms with van der Waals surface area (Å²) in [6.07, 6.45) is -0.633. The van der Waals surface area contributed by atoms with E-state index in [-0.39, 0.29) is 12.5 Å². The molecule has 7 heteroatoms. The summed E-state index contributed by atoms with van der Waals surface area (Å²) in [5.41, 5.74) is -0.661. The highest BCUT2D eigenvalue weighted by Gasteiger charge is 2.74. The lowest BCUT2D eigenvalue weighted by Crippen LogP contribution is -2.47. The van der Waals surface area contributed by atoms with E-state index in [1.807, 2.05) is 0 Å². The molecule has 1 saturated carbocycles. The molecular weight excluding hydrogens is 281 g/mol. The number of fused-ring (bicyclic) bond motifs is 1. The number of ether oxygens (including phenoxy) is 1. The van der Waals surface area contributed by atoms with Gasteiger partial charge in [0.15, 0.2) is 0 Å². The molecule has 1 amide bonds. The molecule has 5 nitrogen and oxygen atoms in total. The van der Waals surface area contributed by atoms with Crippen LogP contribution in [0.15, 0.2) is 0 Å². The Kier molecular flexibility index (Phi) is 2.98. The number of amides is 1. The van der Waals surface area contributed by atoms with E-state index in [1.54, 1.807) is 20.8 Å². The SMILES string of the molecule is CC(C)(C)OC(=O)N1C[C@H]2[C@@H](C1C(=O)O)C2(Cl)Cl. The van der Waals surface area contributed by atoms with E-state index in [4.69, 9.17) is 27.9 Å². The van der Waals surface area contributed by atoms with Crippen molar-refractivity contribution in [3.05, 3.63) is 0 Å². The van der Waals surface area contributed by atoms with Gasteiger partial charge in [-0.15, -0.1) is 23.2 Å². The minimum Gasteiger partial charge on any atom is -0.480 e. The van der Waals surface area contributed by atoms with Gasteiger partial charge >= 0.3 is 12.1 Å². The zero-order chi connectivity index (χ0) is 13.9. The van der Waals surface area contributed by atoms with Gasteiger partial charge in [-0.1, -0.05) is 0 Å². The molecule has 1 heterocycles. The molecule has 2 fully saturated rings. The highest BCUT2D eigenvalue weighted by molar-refractivity contribution is 6.51. The van der Waals surface area contributed by atoms with Crippen LogP contribution in [0.3, 0.4) is 0 Å². The zero-order valence-electron chi connectivity index (χ0n) is 10.3. The zero-order valence-corrected chi connectivity index (χ0v) is 11.8. The van der Waals surface area contributed by atoms with E-state index >= 15 is 0 Å². The molecule has 1 aliphatic heterocycles. The van der Waals surface area contributed by atoms with Crippen molar-refractivity contribution in [2.75, 3.05) is 6.54 Å². The molecule has 1 unspecified atom stereocenters. The van der Waals surface area contributed by atoms with Gasteiger partial charge in [-0.05, 0) is 20.8 Å². The molecule has 2 aliphatic rings. The summed E-state index contributed by atoms with van der Waals surface area (Å²) in [6, 6.07) is -1.00. The van der Waals surface area contributed by atoms with Gasteiger partial charge in [-0.3, -0.25) is 4.90 Å². The lowest BCUT2D eigenvalue weighted by Gasteiger charge is -2.29. The van der Waals surface area contributed by atoms with Crippen LogP contribution < -0.4 is 0 Å². The molecule has 102 valence electrons. The maximum atomic E-state index is 11.9. The number of likely N-dealkylation sites (tertiary alicyclic amines) is 1. The van der Waals surface area contributed by atoms with Crippen LogP contribution >= 0.6 is 23.2 Å². The van der Waals surface area contributed by atoms with Crippen LogP contribution in [0.1, 0.15) is 20.8 Å². The van der Waals surface area contributed by atoms with Crippen molar-refractivity contribution in [3.8, 4) is 0 Å². The van der Waals surface area contributed by atoms with E-state index in [1.165, 1.54) is 4.90 Å². The summed E-state index contributed by atoms with van der Waals surface area (Å²) >= 11 is 11.9. The molecule has 0 aromatic rings. The largest absolute Gasteiger partial charge is 0.480 e. The van der Waals surface area contributed by atoms with Gasteiger partial charge < -0.3 is 9.84 Å². The Morgan fingerprint density at radius 2 is 1.94 bits per heavy atom. The minimum atomic E-state index is -1.10. The van der Waals surface area contributed by atoms with Crippen LogP contribution in [0.5, 0.6) is 0 Å². The quantitative estimate of drug-likeness (QED) is 0.753. The summed E-state index contributed by atoms with van der Waals surface area (Å²) < 4.78 is 4.15. The predicted octanol–water partition coefficient (Wildman–Crippen LogP) is 2.11. The fraction of sp³-hybridized carbons (Fsp3) is 0.818. The number of carbonyl (C=O) groups is 2. The molecule has 0 aromatic carbocycles. The lowest BCUT2D eigenvalue weighted by molar-refractivity contribution is -0.143. The Morgan fingerprint density at radius 3 is 2.39 bits per heavy atom. The van der Waals surface area contributed by atoms with Crippen LogP contribution in [0.4, 0.5) is 4.79 Å². The Labute approximate surface area is 115 Å². The smallest absolute Gasteiger partial charge is 0.411 e. The third kappa shape index (κ3) is 2.14. The summed E-state index contributed by atoms with van der Waals surface area (Å²) in [6.45, 7) is 5.41. The number of carboxylic acid groups (broad SMARTS) is 1. The van der Waals surface area contributed by atoms with Crippen LogP contribution in [-0.2, 0) is 9.53 Å². The van der Waals surface area contributed by atoms with Crippen LogP contribution in [0.2, 0.25) is 0 Å². The van der Waals surface area contributed by atoms with Crippen molar-refractivity contribution in [3.63, 3.8) is 0 Å². The van der Waals surface area contributed by atoms with Gasteiger partial charge in [0.25, 0.3) is 0 Å². The molecule has 1 N–H and O–H groups in total. The summed E-state index contributed by atoms with van der Waals surface area (Å²) in [7, 11) is 0. The van der Waals surface area contributed by atoms with Crippen molar-refractivity contribution in [1.29, 1.82) is 0 Å². The number of nitrogens with zero attached hydrogens (tertiary/aromatic N) is 1. The van der Waals surface area contributed by atoms with Gasteiger partial charge in [0.05, 0.1) is 0 Å². The summed E-state index contributed by atoms with van der Waals surface area (Å²) in [5.74, 6) is -1.70. The van der Waals surface area contributed by atoms with Crippen LogP contribution in [0, 0.1) is 11.8 Å². The van der Waals surface area contributed by atoms with E-state index in [0.29, 0.717) is 0 Å². The normalized spacial score (nSPS) is 32.9. The molecule has 0 aromatic heterocycles. The molecule has 1 aliphatic carbocycles. The molecule has 3 atom stereocenters. The highest BCUT2D eigenvalue weighted by atomic mass is 35.5. The van der Waals surface area contributed by atoms with Gasteiger partial charge in [-0.25, -0.2) is 9.59 Å². The standard InChI is InChI=1S/C11H15Cl2NO4/c1-10(2,3)18-9(17)14-4-5-6(11(5,12)13)7(14)8(15)16/h5-7H,4H2,1-3H3,(H,15,16)/t5-,6-,7?/m0/s1. The molecule has 2 rings (SSSR count). The van der Waals surface area contributed by atoms with E-state index in [0.717, 1.165) is 0 Å². The number of rotatable bonds is 1. The second-order valence-corrected chi connectivity index (χ2v) is 7.17. The lowest BCUT2D eigenvalue weighted by atomic mass is 10.2. The number of alkyl halides is 2. The fourth-order valence-electron chi connectivity index (χ4n) is 2.40. The number of piperidine rings is 1. The van der Waals surface area contributed by atoms with Crippen molar-refractivity contribution in [2.45, 2.75) is 36.7 Å². The first-order valence-electron chi connectivity index (χ1n) is 5.66. The van der Waals surface area contributed by atoms with Gasteiger partial charge in [0.1, 0.15) is 16.0 Å². The first kappa shape index (κ1) is 13.7. The second kappa shape index (κ2) is 3.90. The number of carbonyl (C=O) groups excluding carboxylic acids is 1. The molecule has 0 bridgehead atoms. The summed E-state index contributed by atoms with van der Waals surface area (Å²) in [4.78, 5) is 24.3. The van der Waals surface area contributed by atoms with Gasteiger partial charge in [0.2, 0.25) is 0 Å². The second-order valence-electron chi connectivity index (χ2n) is 5.72. The van der Waals surface area contributed by atoms with Crippen molar-refractivity contribution < 1.29 is 19.4 Å². The Bertz CT molecular complexity index is 404. The van der Waals surface area contributed by atoms with Crippen molar-refractivity contribution in [2.24, 2.45) is 11.8 Å². The third-order valence-corrected chi connectivity index (χ3v) is 4.28. The Morgan fingerprint density at radius 1 is 1.39 bits per heavy atom. The average molecular weight is 296 g/mol. The van der Waals surface area contributed by atoms with Gasteiger partial charge in [-0.2, -0.15) is 0 Å². The molecule has 18 heavy (non-hydrogen) atoms. The minimum absolute atomic E-state index is 0.186. The number of hydrogen-bond acceptors (Lipinski definition) is 3. The van der Waals surface area contributed by atoms with Gasteiger partial charge in [0, 0.05) is 18.4 Å². The molecule has 1 saturated heterocycles. The number of aliphatic carboxylic acids is 1. The van der Waals surface area contributed by atoms with Crippen LogP contribution in [0.25, 0.3) is 0 Å². The fourth-order valence-corrected chi connectivity index (χ4v) is 3.22. The maximum Gasteiger partial charge on any atom is 0.411 e. The number of carboxylic acids is 1. The van der Waals surface area contributed by atoms with E-state index in [9.17, 15) is 14.7 Å². The highest BCUT2D eigenvalue weighted by Crippen LogP contribution is 2.65. The van der Waals surface area contributed by atoms with E-state index < -0.39 is 34.0 Å². The molecule has 0 radical (unpaired) electrons. The third-order valence-electron chi connectivity index (χ3n) is 3.21. The predicted molar refractivity (Wildman–Crippen MR) is 65.8 cm³/mol. The average Bonchev–Trinajstić information content (AvgIpc) is 2.59. The van der Waals surface area contributed by atoms with E-state index in [2.05, 4.69) is 0 Å². The number of halogens is 2. The number of hydrogen-bond donors (Lipinski definition) is 1. The first-order valence-corrected chi connectivity index (χ1v) is 6.41. The maximum absolute atomic E-state index is 11.9. The van der Waals surface area contributed by atoms with Crippen molar-refractivity contribution >= 4 is 35.3 Å². The summed E-state index contributed by atoms with van der Waals surface area (Å²) in [5, 5.41) is 9.19.